The lowest BCUT2D eigenvalue weighted by molar-refractivity contribution is 0.795. The molecule has 9 aromatic rings. The van der Waals surface area contributed by atoms with Gasteiger partial charge in [0.1, 0.15) is 0 Å². The van der Waals surface area contributed by atoms with Gasteiger partial charge in [-0.1, -0.05) is 158 Å². The molecular formula is C49H28. The summed E-state index contributed by atoms with van der Waals surface area (Å²) in [7, 11) is 0. The zero-order valence-electron chi connectivity index (χ0n) is 26.7. The van der Waals surface area contributed by atoms with E-state index >= 15 is 0 Å². The Labute approximate surface area is 284 Å². The van der Waals surface area contributed by atoms with Crippen molar-refractivity contribution in [3.8, 4) is 55.6 Å². The van der Waals surface area contributed by atoms with Gasteiger partial charge in [-0.05, 0) is 122 Å². The summed E-state index contributed by atoms with van der Waals surface area (Å²) < 4.78 is 0. The minimum absolute atomic E-state index is 0.360. The molecule has 0 amide bonds. The summed E-state index contributed by atoms with van der Waals surface area (Å²) in [6.45, 7) is 0. The van der Waals surface area contributed by atoms with Crippen LogP contribution in [0.25, 0.3) is 88.0 Å². The van der Waals surface area contributed by atoms with Crippen LogP contribution >= 0.6 is 0 Å². The third-order valence-electron chi connectivity index (χ3n) is 11.8. The second-order valence-corrected chi connectivity index (χ2v) is 13.9. The molecule has 1 spiro atoms. The van der Waals surface area contributed by atoms with Crippen molar-refractivity contribution in [2.24, 2.45) is 0 Å². The third kappa shape index (κ3) is 3.02. The fourth-order valence-corrected chi connectivity index (χ4v) is 9.97. The highest BCUT2D eigenvalue weighted by Crippen LogP contribution is 2.65. The van der Waals surface area contributed by atoms with E-state index in [9.17, 15) is 0 Å². The molecule has 0 nitrogen and oxygen atoms in total. The van der Waals surface area contributed by atoms with E-state index in [1.807, 2.05) is 0 Å². The summed E-state index contributed by atoms with van der Waals surface area (Å²) in [5, 5.41) is 7.90. The van der Waals surface area contributed by atoms with Gasteiger partial charge >= 0.3 is 0 Å². The molecule has 12 rings (SSSR count). The Balaban J connectivity index is 1.16. The number of rotatable bonds is 1. The molecule has 3 aliphatic rings. The maximum Gasteiger partial charge on any atom is 0.0725 e. The van der Waals surface area contributed by atoms with Crippen molar-refractivity contribution < 1.29 is 0 Å². The summed E-state index contributed by atoms with van der Waals surface area (Å²) in [5.41, 5.74) is 18.6. The normalized spacial score (nSPS) is 13.9. The molecule has 0 radical (unpaired) electrons. The molecule has 0 aliphatic heterocycles. The van der Waals surface area contributed by atoms with E-state index in [2.05, 4.69) is 170 Å². The molecule has 0 fully saturated rings. The van der Waals surface area contributed by atoms with Gasteiger partial charge in [-0.2, -0.15) is 0 Å². The molecule has 0 saturated heterocycles. The van der Waals surface area contributed by atoms with Crippen LogP contribution in [0.1, 0.15) is 22.3 Å². The molecule has 0 unspecified atom stereocenters. The topological polar surface area (TPSA) is 0 Å². The van der Waals surface area contributed by atoms with Crippen molar-refractivity contribution in [1.82, 2.24) is 0 Å². The Morgan fingerprint density at radius 3 is 1.67 bits per heavy atom. The van der Waals surface area contributed by atoms with Crippen molar-refractivity contribution >= 4 is 32.3 Å². The summed E-state index contributed by atoms with van der Waals surface area (Å²) in [5.74, 6) is 0. The van der Waals surface area contributed by atoms with Gasteiger partial charge in [0.15, 0.2) is 0 Å². The second kappa shape index (κ2) is 9.01. The van der Waals surface area contributed by atoms with Crippen molar-refractivity contribution in [2.45, 2.75) is 5.41 Å². The molecule has 9 aromatic carbocycles. The average molecular weight is 617 g/mol. The van der Waals surface area contributed by atoms with E-state index in [-0.39, 0.29) is 5.41 Å². The summed E-state index contributed by atoms with van der Waals surface area (Å²) in [6.07, 6.45) is 0. The predicted octanol–water partition coefficient (Wildman–Crippen LogP) is 12.8. The monoisotopic (exact) mass is 616 g/mol. The number of hydrogen-bond donors (Lipinski definition) is 0. The Kier molecular flexibility index (Phi) is 4.74. The number of benzene rings is 9. The molecule has 49 heavy (non-hydrogen) atoms. The molecule has 224 valence electrons. The third-order valence-corrected chi connectivity index (χ3v) is 11.8. The standard InChI is InChI=1S/C49H28/c1-2-12-32-29(11-1)23-24-30-27-31(25-26-33(30)32)34-16-9-17-37-41-28-45-48(40-19-10-18-39(46(34)37)47(40)41)38-15-5-8-22-44(38)49(45)42-20-6-3-13-35(42)36-14-4-7-21-43(36)49/h1-28H. The van der Waals surface area contributed by atoms with Crippen LogP contribution in [0.4, 0.5) is 0 Å². The van der Waals surface area contributed by atoms with Gasteiger partial charge < -0.3 is 0 Å². The second-order valence-electron chi connectivity index (χ2n) is 13.9. The van der Waals surface area contributed by atoms with Gasteiger partial charge in [0, 0.05) is 0 Å². The zero-order chi connectivity index (χ0) is 31.8. The minimum Gasteiger partial charge on any atom is -0.0619 e. The quantitative estimate of drug-likeness (QED) is 0.161. The molecular weight excluding hydrogens is 589 g/mol. The van der Waals surface area contributed by atoms with Gasteiger partial charge in [-0.3, -0.25) is 0 Å². The first-order valence-electron chi connectivity index (χ1n) is 17.3. The van der Waals surface area contributed by atoms with Crippen LogP contribution in [-0.4, -0.2) is 0 Å². The van der Waals surface area contributed by atoms with E-state index in [0.29, 0.717) is 0 Å². The van der Waals surface area contributed by atoms with E-state index < -0.39 is 0 Å². The largest absolute Gasteiger partial charge is 0.0725 e. The molecule has 0 bridgehead atoms. The molecule has 0 atom stereocenters. The highest BCUT2D eigenvalue weighted by molar-refractivity contribution is 6.23. The minimum atomic E-state index is -0.360. The zero-order valence-corrected chi connectivity index (χ0v) is 26.7. The van der Waals surface area contributed by atoms with Crippen LogP contribution < -0.4 is 0 Å². The van der Waals surface area contributed by atoms with Crippen LogP contribution in [0.5, 0.6) is 0 Å². The highest BCUT2D eigenvalue weighted by atomic mass is 14.5. The lowest BCUT2D eigenvalue weighted by Crippen LogP contribution is -2.25. The lowest BCUT2D eigenvalue weighted by Gasteiger charge is -2.30. The molecule has 0 heteroatoms. The van der Waals surface area contributed by atoms with Crippen molar-refractivity contribution in [2.75, 3.05) is 0 Å². The Morgan fingerprint density at radius 2 is 0.857 bits per heavy atom. The van der Waals surface area contributed by atoms with Crippen molar-refractivity contribution in [1.29, 1.82) is 0 Å². The maximum absolute atomic E-state index is 2.57. The number of hydrogen-bond acceptors (Lipinski definition) is 0. The summed E-state index contributed by atoms with van der Waals surface area (Å²) in [4.78, 5) is 0. The molecule has 0 N–H and O–H groups in total. The molecule has 3 aliphatic carbocycles. The summed E-state index contributed by atoms with van der Waals surface area (Å²) in [6, 6.07) is 64.1. The highest BCUT2D eigenvalue weighted by Gasteiger charge is 2.52. The van der Waals surface area contributed by atoms with Gasteiger partial charge in [-0.15, -0.1) is 0 Å². The lowest BCUT2D eigenvalue weighted by atomic mass is 9.70. The van der Waals surface area contributed by atoms with Gasteiger partial charge in [0.05, 0.1) is 5.41 Å². The van der Waals surface area contributed by atoms with Crippen LogP contribution in [0.3, 0.4) is 0 Å². The maximum atomic E-state index is 2.57. The fraction of sp³-hybridized carbons (Fsp3) is 0.0204. The summed E-state index contributed by atoms with van der Waals surface area (Å²) >= 11 is 0. The first-order chi connectivity index (χ1) is 24.3. The van der Waals surface area contributed by atoms with Crippen LogP contribution in [-0.2, 0) is 5.41 Å². The smallest absolute Gasteiger partial charge is 0.0619 e. The Bertz CT molecular complexity index is 2890. The first kappa shape index (κ1) is 25.8. The molecule has 0 aromatic heterocycles. The predicted molar refractivity (Wildman–Crippen MR) is 205 cm³/mol. The van der Waals surface area contributed by atoms with Crippen LogP contribution in [0.2, 0.25) is 0 Å². The Hall–Kier alpha value is -6.24. The van der Waals surface area contributed by atoms with E-state index in [0.717, 1.165) is 0 Å². The van der Waals surface area contributed by atoms with E-state index in [1.165, 1.54) is 110 Å². The van der Waals surface area contributed by atoms with Crippen LogP contribution in [0, 0.1) is 0 Å². The first-order valence-corrected chi connectivity index (χ1v) is 17.3. The fourth-order valence-electron chi connectivity index (χ4n) is 9.97. The van der Waals surface area contributed by atoms with Gasteiger partial charge in [0.2, 0.25) is 0 Å². The molecule has 0 heterocycles. The number of fused-ring (bicyclic) bond motifs is 17. The Morgan fingerprint density at radius 1 is 0.286 bits per heavy atom. The van der Waals surface area contributed by atoms with Crippen LogP contribution in [0.15, 0.2) is 170 Å². The van der Waals surface area contributed by atoms with Gasteiger partial charge in [0.25, 0.3) is 0 Å². The van der Waals surface area contributed by atoms with Gasteiger partial charge in [-0.25, -0.2) is 0 Å². The SMILES string of the molecule is c1ccc2c(c1)-c1ccccc1C21c2ccccc2-c2c1cc1c3c(cccc23)-c2c(-c3ccc4c(ccc5ccccc54)c3)cccc2-1. The van der Waals surface area contributed by atoms with Crippen molar-refractivity contribution in [3.05, 3.63) is 192 Å². The van der Waals surface area contributed by atoms with E-state index in [1.54, 1.807) is 0 Å². The average Bonchev–Trinajstić information content (AvgIpc) is 3.77. The van der Waals surface area contributed by atoms with E-state index in [4.69, 9.17) is 0 Å². The molecule has 0 saturated carbocycles. The van der Waals surface area contributed by atoms with Crippen molar-refractivity contribution in [3.63, 3.8) is 0 Å².